The smallest absolute Gasteiger partial charge is 0.333 e. The van der Waals surface area contributed by atoms with Crippen LogP contribution in [-0.4, -0.2) is 60.3 Å². The molecule has 0 aromatic carbocycles. The van der Waals surface area contributed by atoms with Crippen molar-refractivity contribution in [1.29, 1.82) is 0 Å². The van der Waals surface area contributed by atoms with Gasteiger partial charge in [-0.15, -0.1) is 0 Å². The van der Waals surface area contributed by atoms with Gasteiger partial charge in [0.25, 0.3) is 0 Å². The minimum absolute atomic E-state index is 0.0810. The molecule has 0 rings (SSSR count). The van der Waals surface area contributed by atoms with E-state index in [1.165, 1.54) is 0 Å². The lowest BCUT2D eigenvalue weighted by atomic mass is 10.3. The third-order valence-corrected chi connectivity index (χ3v) is 2.62. The van der Waals surface area contributed by atoms with Gasteiger partial charge in [-0.3, -0.25) is 0 Å². The summed E-state index contributed by atoms with van der Waals surface area (Å²) in [4.78, 5) is 22.4. The fourth-order valence-corrected chi connectivity index (χ4v) is 1.17. The molecule has 0 amide bonds. The fourth-order valence-electron chi connectivity index (χ4n) is 1.17. The normalized spacial score (nSPS) is 13.6. The number of aliphatic hydroxyl groups is 2. The van der Waals surface area contributed by atoms with Gasteiger partial charge in [-0.05, 0) is 41.0 Å². The van der Waals surface area contributed by atoms with E-state index in [0.717, 1.165) is 0 Å². The summed E-state index contributed by atoms with van der Waals surface area (Å²) in [6.07, 6.45) is -0.534. The maximum Gasteiger partial charge on any atom is 0.333 e. The summed E-state index contributed by atoms with van der Waals surface area (Å²) in [6, 6.07) is 0. The molecule has 0 heterocycles. The SMILES string of the molecule is C=C(C)C(=O)OCC(C)OCC(C)OC(=O)C(=C)C.CC(O)CCO. The molecule has 3 atom stereocenters. The van der Waals surface area contributed by atoms with E-state index in [1.807, 2.05) is 0 Å². The molecule has 0 saturated heterocycles. The van der Waals surface area contributed by atoms with Crippen molar-refractivity contribution >= 4 is 11.9 Å². The molecule has 0 aliphatic heterocycles. The van der Waals surface area contributed by atoms with Crippen LogP contribution in [0.2, 0.25) is 0 Å². The zero-order valence-corrected chi connectivity index (χ0v) is 15.9. The van der Waals surface area contributed by atoms with Crippen LogP contribution >= 0.6 is 0 Å². The van der Waals surface area contributed by atoms with E-state index in [2.05, 4.69) is 13.2 Å². The minimum Gasteiger partial charge on any atom is -0.460 e. The molecular formula is C18H32O7. The van der Waals surface area contributed by atoms with Crippen molar-refractivity contribution in [2.45, 2.75) is 59.4 Å². The first-order valence-electron chi connectivity index (χ1n) is 8.10. The van der Waals surface area contributed by atoms with Gasteiger partial charge >= 0.3 is 11.9 Å². The summed E-state index contributed by atoms with van der Waals surface area (Å²) < 4.78 is 15.4. The van der Waals surface area contributed by atoms with Gasteiger partial charge in [-0.1, -0.05) is 13.2 Å². The Morgan fingerprint density at radius 2 is 1.48 bits per heavy atom. The Labute approximate surface area is 150 Å². The molecule has 146 valence electrons. The highest BCUT2D eigenvalue weighted by Gasteiger charge is 2.13. The van der Waals surface area contributed by atoms with Crippen LogP contribution in [0.5, 0.6) is 0 Å². The van der Waals surface area contributed by atoms with Gasteiger partial charge < -0.3 is 24.4 Å². The molecule has 7 nitrogen and oxygen atoms in total. The highest BCUT2D eigenvalue weighted by Crippen LogP contribution is 2.02. The molecule has 3 unspecified atom stereocenters. The van der Waals surface area contributed by atoms with Crippen LogP contribution in [0.1, 0.15) is 41.0 Å². The molecule has 0 aromatic rings. The highest BCUT2D eigenvalue weighted by atomic mass is 16.6. The summed E-state index contributed by atoms with van der Waals surface area (Å²) in [5.74, 6) is -0.894. The Bertz CT molecular complexity index is 429. The molecule has 0 fully saturated rings. The van der Waals surface area contributed by atoms with Crippen molar-refractivity contribution in [3.05, 3.63) is 24.3 Å². The first-order valence-corrected chi connectivity index (χ1v) is 8.10. The van der Waals surface area contributed by atoms with Gasteiger partial charge in [-0.25, -0.2) is 9.59 Å². The van der Waals surface area contributed by atoms with Crippen molar-refractivity contribution in [2.75, 3.05) is 19.8 Å². The minimum atomic E-state index is -0.447. The second-order valence-corrected chi connectivity index (χ2v) is 5.88. The summed E-state index contributed by atoms with van der Waals surface area (Å²) in [5.41, 5.74) is 0.686. The number of aliphatic hydroxyl groups excluding tert-OH is 2. The molecule has 0 spiro atoms. The molecule has 0 bridgehead atoms. The first kappa shape index (κ1) is 25.5. The number of carbonyl (C=O) groups is 2. The van der Waals surface area contributed by atoms with Gasteiger partial charge in [0.2, 0.25) is 0 Å². The molecular weight excluding hydrogens is 328 g/mol. The third kappa shape index (κ3) is 16.9. The van der Waals surface area contributed by atoms with Crippen LogP contribution in [0.4, 0.5) is 0 Å². The van der Waals surface area contributed by atoms with E-state index >= 15 is 0 Å². The summed E-state index contributed by atoms with van der Waals surface area (Å²) in [5, 5.41) is 16.5. The van der Waals surface area contributed by atoms with Crippen molar-refractivity contribution in [2.24, 2.45) is 0 Å². The average Bonchev–Trinajstić information content (AvgIpc) is 2.50. The van der Waals surface area contributed by atoms with Crippen molar-refractivity contribution < 1.29 is 34.0 Å². The number of ether oxygens (including phenoxy) is 3. The Kier molecular flexibility index (Phi) is 14.9. The average molecular weight is 360 g/mol. The maximum atomic E-state index is 11.2. The number of esters is 2. The number of hydrogen-bond acceptors (Lipinski definition) is 7. The molecule has 2 N–H and O–H groups in total. The van der Waals surface area contributed by atoms with E-state index in [4.69, 9.17) is 24.4 Å². The topological polar surface area (TPSA) is 102 Å². The predicted molar refractivity (Wildman–Crippen MR) is 94.9 cm³/mol. The summed E-state index contributed by atoms with van der Waals surface area (Å²) >= 11 is 0. The lowest BCUT2D eigenvalue weighted by Gasteiger charge is -2.17. The molecule has 0 saturated carbocycles. The molecule has 0 aliphatic carbocycles. The van der Waals surface area contributed by atoms with Crippen molar-refractivity contribution in [3.8, 4) is 0 Å². The fraction of sp³-hybridized carbons (Fsp3) is 0.667. The third-order valence-electron chi connectivity index (χ3n) is 2.62. The quantitative estimate of drug-likeness (QED) is 0.452. The number of carbonyl (C=O) groups excluding carboxylic acids is 2. The van der Waals surface area contributed by atoms with Gasteiger partial charge in [-0.2, -0.15) is 0 Å². The Hall–Kier alpha value is -1.70. The predicted octanol–water partition coefficient (Wildman–Crippen LogP) is 1.77. The van der Waals surface area contributed by atoms with Crippen LogP contribution < -0.4 is 0 Å². The second kappa shape index (κ2) is 14.6. The monoisotopic (exact) mass is 360 g/mol. The Morgan fingerprint density at radius 1 is 0.960 bits per heavy atom. The van der Waals surface area contributed by atoms with Crippen LogP contribution in [0.15, 0.2) is 24.3 Å². The summed E-state index contributed by atoms with van der Waals surface area (Å²) in [7, 11) is 0. The summed E-state index contributed by atoms with van der Waals surface area (Å²) in [6.45, 7) is 15.7. The van der Waals surface area contributed by atoms with E-state index in [0.29, 0.717) is 17.6 Å². The zero-order chi connectivity index (χ0) is 20.0. The zero-order valence-electron chi connectivity index (χ0n) is 15.9. The Morgan fingerprint density at radius 3 is 1.84 bits per heavy atom. The van der Waals surface area contributed by atoms with Crippen LogP contribution in [-0.2, 0) is 23.8 Å². The van der Waals surface area contributed by atoms with E-state index in [-0.39, 0.29) is 38.1 Å². The van der Waals surface area contributed by atoms with Crippen LogP contribution in [0, 0.1) is 0 Å². The molecule has 0 aromatic heterocycles. The van der Waals surface area contributed by atoms with Gasteiger partial charge in [0.15, 0.2) is 0 Å². The molecule has 0 radical (unpaired) electrons. The van der Waals surface area contributed by atoms with Gasteiger partial charge in [0.05, 0.1) is 18.8 Å². The molecule has 0 aliphatic rings. The maximum absolute atomic E-state index is 11.2. The van der Waals surface area contributed by atoms with Crippen LogP contribution in [0.25, 0.3) is 0 Å². The second-order valence-electron chi connectivity index (χ2n) is 5.88. The lowest BCUT2D eigenvalue weighted by molar-refractivity contribution is -0.149. The number of hydrogen-bond donors (Lipinski definition) is 2. The highest BCUT2D eigenvalue weighted by molar-refractivity contribution is 5.87. The first-order chi connectivity index (χ1) is 11.5. The number of rotatable bonds is 10. The van der Waals surface area contributed by atoms with E-state index < -0.39 is 11.9 Å². The molecule has 7 heteroatoms. The van der Waals surface area contributed by atoms with Crippen molar-refractivity contribution in [1.82, 2.24) is 0 Å². The van der Waals surface area contributed by atoms with E-state index in [1.54, 1.807) is 34.6 Å². The molecule has 25 heavy (non-hydrogen) atoms. The van der Waals surface area contributed by atoms with Crippen LogP contribution in [0.3, 0.4) is 0 Å². The largest absolute Gasteiger partial charge is 0.460 e. The standard InChI is InChI=1S/C14H22O5.C4H10O2/c1-9(2)13(15)18-7-11(5)17-8-12(6)19-14(16)10(3)4;1-4(6)2-3-5/h11-12H,1,3,7-8H2,2,4-6H3;4-6H,2-3H2,1H3. The van der Waals surface area contributed by atoms with Gasteiger partial charge in [0, 0.05) is 17.8 Å². The van der Waals surface area contributed by atoms with Gasteiger partial charge in [0.1, 0.15) is 12.7 Å². The van der Waals surface area contributed by atoms with E-state index in [9.17, 15) is 9.59 Å². The Balaban J connectivity index is 0. The van der Waals surface area contributed by atoms with Crippen molar-refractivity contribution in [3.63, 3.8) is 0 Å². The lowest BCUT2D eigenvalue weighted by Crippen LogP contribution is -2.26.